The summed E-state index contributed by atoms with van der Waals surface area (Å²) in [6, 6.07) is 41.2. The zero-order valence-electron chi connectivity index (χ0n) is 64.7. The number of hydrogen-bond acceptors (Lipinski definition) is 18. The van der Waals surface area contributed by atoms with E-state index in [0.29, 0.717) is 50.4 Å². The average molecular weight is 1680 g/mol. The minimum Gasteiger partial charge on any atom is -1.00 e. The topological polar surface area (TPSA) is 272 Å². The van der Waals surface area contributed by atoms with Crippen molar-refractivity contribution in [2.75, 3.05) is 11.5 Å². The van der Waals surface area contributed by atoms with Crippen LogP contribution in [0.5, 0.6) is 11.5 Å². The minimum atomic E-state index is -4.65. The third kappa shape index (κ3) is 20.0. The van der Waals surface area contributed by atoms with E-state index in [2.05, 4.69) is 161 Å². The molecule has 4 saturated heterocycles. The molecule has 0 N–H and O–H groups in total. The number of benzene rings is 5. The molecule has 0 aromatic heterocycles. The van der Waals surface area contributed by atoms with Gasteiger partial charge in [-0.25, -0.2) is 16.8 Å². The van der Waals surface area contributed by atoms with Crippen LogP contribution in [-0.2, 0) is 89.7 Å². The monoisotopic (exact) mass is 1680 g/mol. The van der Waals surface area contributed by atoms with Crippen molar-refractivity contribution in [1.82, 2.24) is 0 Å². The smallest absolute Gasteiger partial charge is 1.00 e. The molecule has 16 bridgehead atoms. The number of carbonyl (C=O) groups is 6. The third-order valence-corrected chi connectivity index (χ3v) is 31.7. The fourth-order valence-electron chi connectivity index (χ4n) is 23.1. The molecular formula is C88H102BrNaO18S4. The molecule has 0 spiro atoms. The van der Waals surface area contributed by atoms with Gasteiger partial charge in [0.05, 0.1) is 46.5 Å². The molecule has 5 aromatic carbocycles. The van der Waals surface area contributed by atoms with E-state index in [0.717, 1.165) is 108 Å². The van der Waals surface area contributed by atoms with Gasteiger partial charge in [-0.3, -0.25) is 28.8 Å². The first kappa shape index (κ1) is 84.3. The van der Waals surface area contributed by atoms with Crippen molar-refractivity contribution in [2.24, 2.45) is 81.8 Å². The Balaban J connectivity index is 0.000000134. The molecule has 16 fully saturated rings. The van der Waals surface area contributed by atoms with E-state index in [1.807, 2.05) is 0 Å². The predicted molar refractivity (Wildman–Crippen MR) is 412 cm³/mol. The molecule has 11 unspecified atom stereocenters. The summed E-state index contributed by atoms with van der Waals surface area (Å²) in [5, 5.41) is 0. The average Bonchev–Trinajstić information content (AvgIpc) is 1.08. The Morgan fingerprint density at radius 2 is 0.777 bits per heavy atom. The van der Waals surface area contributed by atoms with Crippen molar-refractivity contribution in [2.45, 2.75) is 231 Å². The van der Waals surface area contributed by atoms with Crippen molar-refractivity contribution in [3.8, 4) is 11.5 Å². The molecule has 13 aliphatic carbocycles. The van der Waals surface area contributed by atoms with Gasteiger partial charge < -0.3 is 54.5 Å². The largest absolute Gasteiger partial charge is 1.00 e. The standard InChI is InChI=1S/C32H37O2S.C32H35O2S.2C12H16O7S.BrH.Na/c2*1-22-13-29(35(27-9-5-3-6-10-27)28-11-7-4-8-12-28)14-23(2)31(22)34-30(33)21-32-18-24-15-25(19-32)17-26(16-24)20-32;2*13-10(5-20(15,16)17)19-11-7-1-6-2-8(4-7)12(14)18-9(11)3-6;;/h3,5-7,9-14,24-26H,4,8,15-21H2,1-2H3;3-14,24-26H,15-21H2,1-2H3;2*6-9,11H,1-5H2,(H,15,16,17);1H;/q2*+1;;;;+1/p-3. The number of esters is 6. The summed E-state index contributed by atoms with van der Waals surface area (Å²) in [5.74, 6) is 2.16. The number of fused-ring (bicyclic) bond motifs is 2. The van der Waals surface area contributed by atoms with Crippen molar-refractivity contribution in [1.29, 1.82) is 0 Å². The molecule has 17 aliphatic rings. The fraction of sp³-hybridized carbons (Fsp3) is 0.545. The van der Waals surface area contributed by atoms with Gasteiger partial charge in [-0.05, 0) is 298 Å². The molecule has 0 amide bonds. The van der Waals surface area contributed by atoms with E-state index in [4.69, 9.17) is 28.4 Å². The second-order valence-electron chi connectivity index (χ2n) is 34.8. The summed E-state index contributed by atoms with van der Waals surface area (Å²) < 4.78 is 96.6. The van der Waals surface area contributed by atoms with Gasteiger partial charge in [0.25, 0.3) is 0 Å². The first-order valence-corrected chi connectivity index (χ1v) is 45.5. The molecule has 12 saturated carbocycles. The van der Waals surface area contributed by atoms with Gasteiger partial charge in [0, 0.05) is 36.1 Å². The maximum atomic E-state index is 13.3. The van der Waals surface area contributed by atoms with E-state index in [-0.39, 0.29) is 127 Å². The van der Waals surface area contributed by atoms with Crippen molar-refractivity contribution >= 4 is 77.8 Å². The second-order valence-corrected chi connectivity index (χ2v) is 41.7. The third-order valence-electron chi connectivity index (χ3n) is 26.1. The maximum Gasteiger partial charge on any atom is 1.00 e. The Kier molecular flexibility index (Phi) is 26.6. The number of aryl methyl sites for hydroxylation is 4. The van der Waals surface area contributed by atoms with Gasteiger partial charge in [0.1, 0.15) is 67.7 Å². The predicted octanol–water partition coefficient (Wildman–Crippen LogP) is 9.61. The fourth-order valence-corrected chi connectivity index (χ4v) is 28.4. The molecule has 594 valence electrons. The quantitative estimate of drug-likeness (QED) is 0.0197. The zero-order chi connectivity index (χ0) is 77.0. The summed E-state index contributed by atoms with van der Waals surface area (Å²) in [5.41, 5.74) is 4.64. The van der Waals surface area contributed by atoms with Gasteiger partial charge in [0.15, 0.2) is 29.4 Å². The summed E-state index contributed by atoms with van der Waals surface area (Å²) in [7, 11) is -9.66. The number of hydrogen-bond donors (Lipinski definition) is 0. The van der Waals surface area contributed by atoms with Crippen molar-refractivity contribution in [3.05, 3.63) is 161 Å². The normalized spacial score (nSPS) is 31.7. The molecule has 0 radical (unpaired) electrons. The number of carbonyl (C=O) groups excluding carboxylic acids is 6. The van der Waals surface area contributed by atoms with Gasteiger partial charge in [-0.15, -0.1) is 0 Å². The number of allylic oxidation sites excluding steroid dienone is 3. The molecule has 4 aliphatic heterocycles. The van der Waals surface area contributed by atoms with E-state index >= 15 is 0 Å². The summed E-state index contributed by atoms with van der Waals surface area (Å²) >= 11 is 0. The van der Waals surface area contributed by atoms with Crippen LogP contribution < -0.4 is 56.0 Å². The molecule has 18 nitrogen and oxygen atoms in total. The Labute approximate surface area is 697 Å². The summed E-state index contributed by atoms with van der Waals surface area (Å²) in [4.78, 5) is 81.0. The first-order valence-electron chi connectivity index (χ1n) is 39.9. The van der Waals surface area contributed by atoms with E-state index < -0.39 is 68.1 Å². The maximum absolute atomic E-state index is 13.3. The van der Waals surface area contributed by atoms with E-state index in [9.17, 15) is 54.7 Å². The van der Waals surface area contributed by atoms with E-state index in [1.54, 1.807) is 0 Å². The van der Waals surface area contributed by atoms with Crippen LogP contribution >= 0.6 is 0 Å². The summed E-state index contributed by atoms with van der Waals surface area (Å²) in [6.45, 7) is 8.37. The molecular weight excluding hydrogens is 1580 g/mol. The van der Waals surface area contributed by atoms with Gasteiger partial charge in [-0.1, -0.05) is 60.7 Å². The van der Waals surface area contributed by atoms with Gasteiger partial charge in [-0.2, -0.15) is 0 Å². The molecule has 24 heteroatoms. The van der Waals surface area contributed by atoms with Crippen LogP contribution in [0, 0.1) is 110 Å². The molecule has 22 rings (SSSR count). The van der Waals surface area contributed by atoms with Crippen LogP contribution in [0.15, 0.2) is 163 Å². The van der Waals surface area contributed by atoms with Crippen molar-refractivity contribution in [3.63, 3.8) is 0 Å². The second kappa shape index (κ2) is 35.3. The minimum absolute atomic E-state index is 0. The summed E-state index contributed by atoms with van der Waals surface area (Å²) in [6.07, 6.45) is 29.8. The van der Waals surface area contributed by atoms with Crippen LogP contribution in [0.3, 0.4) is 0 Å². The molecule has 112 heavy (non-hydrogen) atoms. The van der Waals surface area contributed by atoms with Gasteiger partial charge in [0.2, 0.25) is 0 Å². The number of rotatable bonds is 18. The Morgan fingerprint density at radius 3 is 1.11 bits per heavy atom. The van der Waals surface area contributed by atoms with Gasteiger partial charge >= 0.3 is 65.4 Å². The SMILES string of the molecule is Cc1cc([S+](C2=CCCC=C2)c2ccccc2)cc(C)c1OC(=O)CC12CC3CC(CC(C3)C1)C2.Cc1cc([S+](c2ccccc2)c2ccccc2)cc(C)c1OC(=O)CC12CC3CC(CC(C3)C1)C2.O=C(CS(=O)(=O)[O-])OC1C2CC3CC(C2)C(=O)OC1C3.O=C(CS(=O)(=O)[O-])OC1C2CC3CC(C2)C(=O)OC1C3.[Br-].[Na+]. The zero-order valence-corrected chi connectivity index (χ0v) is 71.5. The van der Waals surface area contributed by atoms with Crippen LogP contribution in [0.1, 0.15) is 176 Å². The molecule has 4 heterocycles. The molecule has 11 atom stereocenters. The number of halogens is 1. The van der Waals surface area contributed by atoms with Crippen molar-refractivity contribution < 1.29 is 130 Å². The van der Waals surface area contributed by atoms with Crippen LogP contribution in [0.4, 0.5) is 0 Å². The van der Waals surface area contributed by atoms with Crippen LogP contribution in [0.2, 0.25) is 0 Å². The Morgan fingerprint density at radius 1 is 0.438 bits per heavy atom. The number of ether oxygens (including phenoxy) is 6. The Hall–Kier alpha value is -5.60. The van der Waals surface area contributed by atoms with Crippen LogP contribution in [-0.4, -0.2) is 97.7 Å². The molecule has 5 aromatic rings. The van der Waals surface area contributed by atoms with E-state index in [1.165, 1.54) is 106 Å². The first-order chi connectivity index (χ1) is 52.6. The van der Waals surface area contributed by atoms with Crippen LogP contribution in [0.25, 0.3) is 0 Å². The Bertz CT molecular complexity index is 4360.